The second-order valence-corrected chi connectivity index (χ2v) is 6.99. The van der Waals surface area contributed by atoms with Crippen LogP contribution in [0.4, 0.5) is 0 Å². The summed E-state index contributed by atoms with van der Waals surface area (Å²) in [5.74, 6) is -0.0950. The molecule has 1 atom stereocenters. The van der Waals surface area contributed by atoms with Crippen molar-refractivity contribution in [1.82, 2.24) is 0 Å². The van der Waals surface area contributed by atoms with E-state index in [1.165, 1.54) is 17.3 Å². The third-order valence-corrected chi connectivity index (χ3v) is 5.31. The molecule has 0 bridgehead atoms. The van der Waals surface area contributed by atoms with Crippen molar-refractivity contribution in [2.75, 3.05) is 0 Å². The summed E-state index contributed by atoms with van der Waals surface area (Å²) >= 11 is 0. The monoisotopic (exact) mass is 361 g/mol. The van der Waals surface area contributed by atoms with Gasteiger partial charge >= 0.3 is 0 Å². The van der Waals surface area contributed by atoms with Crippen molar-refractivity contribution in [2.24, 2.45) is 0 Å². The molecule has 0 aliphatic heterocycles. The van der Waals surface area contributed by atoms with Crippen LogP contribution in [0.15, 0.2) is 101 Å². The SMILES string of the molecule is N=CC(c1ccc(-c2ccccc2)cc1)c1ccc2c(c1)oc1ccccc12. The Kier molecular flexibility index (Phi) is 4.02. The number of hydrogen-bond donors (Lipinski definition) is 1. The number of benzene rings is 4. The van der Waals surface area contributed by atoms with Crippen molar-refractivity contribution in [3.8, 4) is 11.1 Å². The van der Waals surface area contributed by atoms with Crippen LogP contribution in [0.1, 0.15) is 17.0 Å². The van der Waals surface area contributed by atoms with Crippen molar-refractivity contribution < 1.29 is 4.42 Å². The molecule has 2 nitrogen and oxygen atoms in total. The molecule has 0 saturated heterocycles. The van der Waals surface area contributed by atoms with Gasteiger partial charge in [0.1, 0.15) is 11.2 Å². The standard InChI is InChI=1S/C26H19NO/c27-17-24(20-12-10-19(11-13-20)18-6-2-1-3-7-18)21-14-15-23-22-8-4-5-9-25(22)28-26(23)16-21/h1-17,24,27H. The molecule has 2 heteroatoms. The van der Waals surface area contributed by atoms with Gasteiger partial charge in [-0.05, 0) is 34.4 Å². The van der Waals surface area contributed by atoms with Crippen LogP contribution in [0.5, 0.6) is 0 Å². The van der Waals surface area contributed by atoms with Crippen LogP contribution in [-0.4, -0.2) is 6.21 Å². The zero-order valence-corrected chi connectivity index (χ0v) is 15.3. The van der Waals surface area contributed by atoms with Gasteiger partial charge in [0, 0.05) is 22.9 Å². The predicted octanol–water partition coefficient (Wildman–Crippen LogP) is 7.03. The zero-order valence-electron chi connectivity index (χ0n) is 15.3. The molecule has 0 radical (unpaired) electrons. The van der Waals surface area contributed by atoms with Crippen LogP contribution < -0.4 is 0 Å². The molecular weight excluding hydrogens is 342 g/mol. The normalized spacial score (nSPS) is 12.3. The minimum absolute atomic E-state index is 0.0950. The minimum atomic E-state index is -0.0950. The van der Waals surface area contributed by atoms with Crippen molar-refractivity contribution in [3.05, 3.63) is 108 Å². The summed E-state index contributed by atoms with van der Waals surface area (Å²) in [6, 6.07) is 33.2. The van der Waals surface area contributed by atoms with Gasteiger partial charge in [-0.3, -0.25) is 0 Å². The first-order valence-corrected chi connectivity index (χ1v) is 9.41. The first kappa shape index (κ1) is 16.5. The van der Waals surface area contributed by atoms with Crippen molar-refractivity contribution in [2.45, 2.75) is 5.92 Å². The molecule has 0 aliphatic rings. The minimum Gasteiger partial charge on any atom is -0.456 e. The summed E-state index contributed by atoms with van der Waals surface area (Å²) in [6.07, 6.45) is 1.50. The molecule has 0 amide bonds. The fourth-order valence-corrected chi connectivity index (χ4v) is 3.83. The molecule has 0 saturated carbocycles. The van der Waals surface area contributed by atoms with Gasteiger partial charge in [0.05, 0.1) is 0 Å². The van der Waals surface area contributed by atoms with E-state index in [4.69, 9.17) is 9.83 Å². The van der Waals surface area contributed by atoms with E-state index in [9.17, 15) is 0 Å². The Morgan fingerprint density at radius 2 is 1.25 bits per heavy atom. The molecule has 1 heterocycles. The molecular formula is C26H19NO. The lowest BCUT2D eigenvalue weighted by Crippen LogP contribution is -2.01. The van der Waals surface area contributed by atoms with E-state index in [0.717, 1.165) is 33.1 Å². The maximum absolute atomic E-state index is 8.01. The Balaban J connectivity index is 1.53. The van der Waals surface area contributed by atoms with E-state index in [0.29, 0.717) is 0 Å². The molecule has 5 aromatic rings. The zero-order chi connectivity index (χ0) is 18.9. The van der Waals surface area contributed by atoms with E-state index < -0.39 is 0 Å². The summed E-state index contributed by atoms with van der Waals surface area (Å²) in [7, 11) is 0. The van der Waals surface area contributed by atoms with E-state index in [1.54, 1.807) is 0 Å². The van der Waals surface area contributed by atoms with Gasteiger partial charge in [0.2, 0.25) is 0 Å². The van der Waals surface area contributed by atoms with E-state index in [1.807, 2.05) is 36.4 Å². The third-order valence-electron chi connectivity index (χ3n) is 5.31. The van der Waals surface area contributed by atoms with Gasteiger partial charge in [-0.15, -0.1) is 0 Å². The van der Waals surface area contributed by atoms with Crippen LogP contribution in [0.2, 0.25) is 0 Å². The lowest BCUT2D eigenvalue weighted by atomic mass is 9.90. The van der Waals surface area contributed by atoms with E-state index in [-0.39, 0.29) is 5.92 Å². The number of hydrogen-bond acceptors (Lipinski definition) is 2. The molecule has 5 rings (SSSR count). The maximum Gasteiger partial charge on any atom is 0.135 e. The first-order valence-electron chi connectivity index (χ1n) is 9.41. The second kappa shape index (κ2) is 6.82. The highest BCUT2D eigenvalue weighted by Gasteiger charge is 2.14. The molecule has 28 heavy (non-hydrogen) atoms. The molecule has 134 valence electrons. The number of nitrogens with one attached hydrogen (secondary N) is 1. The molecule has 4 aromatic carbocycles. The smallest absolute Gasteiger partial charge is 0.135 e. The van der Waals surface area contributed by atoms with E-state index in [2.05, 4.69) is 60.7 Å². The summed E-state index contributed by atoms with van der Waals surface area (Å²) < 4.78 is 6.03. The number of fused-ring (bicyclic) bond motifs is 3. The largest absolute Gasteiger partial charge is 0.456 e. The average Bonchev–Trinajstić information content (AvgIpc) is 3.13. The fourth-order valence-electron chi connectivity index (χ4n) is 3.83. The van der Waals surface area contributed by atoms with Crippen LogP contribution >= 0.6 is 0 Å². The Bertz CT molecular complexity index is 1270. The highest BCUT2D eigenvalue weighted by Crippen LogP contribution is 2.33. The summed E-state index contributed by atoms with van der Waals surface area (Å²) in [6.45, 7) is 0. The molecule has 1 unspecified atom stereocenters. The van der Waals surface area contributed by atoms with Crippen LogP contribution in [0, 0.1) is 5.41 Å². The second-order valence-electron chi connectivity index (χ2n) is 6.99. The number of rotatable bonds is 4. The summed E-state index contributed by atoms with van der Waals surface area (Å²) in [5, 5.41) is 10.3. The Labute approximate surface area is 163 Å². The van der Waals surface area contributed by atoms with Gasteiger partial charge in [0.25, 0.3) is 0 Å². The lowest BCUT2D eigenvalue weighted by Gasteiger charge is -2.13. The Hall–Kier alpha value is -3.65. The van der Waals surface area contributed by atoms with Crippen molar-refractivity contribution in [3.63, 3.8) is 0 Å². The van der Waals surface area contributed by atoms with Crippen LogP contribution in [0.3, 0.4) is 0 Å². The highest BCUT2D eigenvalue weighted by atomic mass is 16.3. The Morgan fingerprint density at radius 1 is 0.607 bits per heavy atom. The quantitative estimate of drug-likeness (QED) is 0.343. The third kappa shape index (κ3) is 2.80. The number of para-hydroxylation sites is 1. The molecule has 1 aromatic heterocycles. The van der Waals surface area contributed by atoms with Crippen molar-refractivity contribution in [1.29, 1.82) is 5.41 Å². The van der Waals surface area contributed by atoms with Gasteiger partial charge in [-0.1, -0.05) is 84.9 Å². The van der Waals surface area contributed by atoms with Crippen molar-refractivity contribution >= 4 is 28.2 Å². The van der Waals surface area contributed by atoms with Gasteiger partial charge in [0.15, 0.2) is 0 Å². The average molecular weight is 361 g/mol. The molecule has 0 spiro atoms. The number of furan rings is 1. The first-order chi connectivity index (χ1) is 13.8. The predicted molar refractivity (Wildman–Crippen MR) is 116 cm³/mol. The topological polar surface area (TPSA) is 37.0 Å². The molecule has 0 fully saturated rings. The molecule has 1 N–H and O–H groups in total. The fraction of sp³-hybridized carbons (Fsp3) is 0.0385. The highest BCUT2D eigenvalue weighted by molar-refractivity contribution is 6.05. The van der Waals surface area contributed by atoms with Crippen LogP contribution in [-0.2, 0) is 0 Å². The Morgan fingerprint density at radius 3 is 2.04 bits per heavy atom. The van der Waals surface area contributed by atoms with Gasteiger partial charge < -0.3 is 9.83 Å². The summed E-state index contributed by atoms with van der Waals surface area (Å²) in [5.41, 5.74) is 6.31. The molecule has 0 aliphatic carbocycles. The van der Waals surface area contributed by atoms with Gasteiger partial charge in [-0.2, -0.15) is 0 Å². The maximum atomic E-state index is 8.01. The lowest BCUT2D eigenvalue weighted by molar-refractivity contribution is 0.668. The van der Waals surface area contributed by atoms with Crippen LogP contribution in [0.25, 0.3) is 33.1 Å². The summed E-state index contributed by atoms with van der Waals surface area (Å²) in [4.78, 5) is 0. The van der Waals surface area contributed by atoms with E-state index >= 15 is 0 Å². The van der Waals surface area contributed by atoms with Gasteiger partial charge in [-0.25, -0.2) is 0 Å².